The summed E-state index contributed by atoms with van der Waals surface area (Å²) in [7, 11) is 0. The molecule has 0 saturated carbocycles. The van der Waals surface area contributed by atoms with Crippen LogP contribution >= 0.6 is 11.3 Å². The largest absolute Gasteiger partial charge is 0.445 e. The lowest BCUT2D eigenvalue weighted by Crippen LogP contribution is -2.37. The van der Waals surface area contributed by atoms with Crippen LogP contribution in [0.2, 0.25) is 0 Å². The number of nitrogens with one attached hydrogen (secondary N) is 2. The number of rotatable bonds is 2. The van der Waals surface area contributed by atoms with E-state index >= 15 is 0 Å². The summed E-state index contributed by atoms with van der Waals surface area (Å²) in [5.41, 5.74) is 0. The third kappa shape index (κ3) is 3.16. The van der Waals surface area contributed by atoms with E-state index in [0.29, 0.717) is 17.9 Å². The number of piperidine rings is 1. The van der Waals surface area contributed by atoms with Crippen molar-refractivity contribution < 1.29 is 18.0 Å². The van der Waals surface area contributed by atoms with Gasteiger partial charge in [0, 0.05) is 6.54 Å². The molecule has 1 amide bonds. The molecule has 1 fully saturated rings. The Bertz CT molecular complexity index is 428. The topological polar surface area (TPSA) is 66.9 Å². The van der Waals surface area contributed by atoms with Crippen molar-refractivity contribution in [3.8, 4) is 0 Å². The van der Waals surface area contributed by atoms with Crippen molar-refractivity contribution in [3.05, 3.63) is 5.01 Å². The van der Waals surface area contributed by atoms with Crippen LogP contribution in [0.25, 0.3) is 0 Å². The van der Waals surface area contributed by atoms with Gasteiger partial charge in [0.1, 0.15) is 0 Å². The maximum Gasteiger partial charge on any atom is 0.445 e. The number of carbonyl (C=O) groups is 1. The summed E-state index contributed by atoms with van der Waals surface area (Å²) in [6.45, 7) is 1.40. The smallest absolute Gasteiger partial charge is 0.316 e. The van der Waals surface area contributed by atoms with Crippen molar-refractivity contribution in [2.75, 3.05) is 18.4 Å². The third-order valence-electron chi connectivity index (χ3n) is 2.57. The van der Waals surface area contributed by atoms with Gasteiger partial charge in [-0.05, 0) is 19.4 Å². The molecule has 1 saturated heterocycles. The van der Waals surface area contributed by atoms with Gasteiger partial charge < -0.3 is 10.6 Å². The number of anilines is 1. The summed E-state index contributed by atoms with van der Waals surface area (Å²) in [6.07, 6.45) is -2.92. The second-order valence-corrected chi connectivity index (χ2v) is 4.92. The number of halogens is 3. The fourth-order valence-electron chi connectivity index (χ4n) is 1.67. The average molecular weight is 280 g/mol. The Hall–Kier alpha value is -1.22. The first kappa shape index (κ1) is 13.2. The molecule has 2 rings (SSSR count). The molecule has 0 aromatic carbocycles. The van der Waals surface area contributed by atoms with Crippen LogP contribution in [0.1, 0.15) is 17.8 Å². The first-order chi connectivity index (χ1) is 8.47. The molecule has 100 valence electrons. The minimum atomic E-state index is -4.52. The number of aromatic nitrogens is 2. The number of amides is 1. The number of hydrogen-bond donors (Lipinski definition) is 2. The zero-order valence-corrected chi connectivity index (χ0v) is 10.1. The molecule has 1 aromatic rings. The number of alkyl halides is 3. The lowest BCUT2D eigenvalue weighted by molar-refractivity contribution is -0.138. The Morgan fingerprint density at radius 2 is 2.22 bits per heavy atom. The predicted molar refractivity (Wildman–Crippen MR) is 59.1 cm³/mol. The van der Waals surface area contributed by atoms with Crippen molar-refractivity contribution in [1.82, 2.24) is 15.5 Å². The van der Waals surface area contributed by atoms with E-state index in [1.807, 2.05) is 0 Å². The standard InChI is InChI=1S/C9H11F3N4OS/c10-9(11,12)7-15-16-8(18-7)14-6(17)5-2-1-3-13-4-5/h5,13H,1-4H2,(H,14,16,17). The lowest BCUT2D eigenvalue weighted by atomic mass is 9.99. The fourth-order valence-corrected chi connectivity index (χ4v) is 2.29. The van der Waals surface area contributed by atoms with Gasteiger partial charge in [0.2, 0.25) is 16.0 Å². The third-order valence-corrected chi connectivity index (χ3v) is 3.45. The highest BCUT2D eigenvalue weighted by Crippen LogP contribution is 2.33. The van der Waals surface area contributed by atoms with E-state index in [0.717, 1.165) is 19.4 Å². The molecule has 0 radical (unpaired) electrons. The Kier molecular flexibility index (Phi) is 3.81. The second kappa shape index (κ2) is 5.19. The highest BCUT2D eigenvalue weighted by molar-refractivity contribution is 7.15. The SMILES string of the molecule is O=C(Nc1nnc(C(F)(F)F)s1)C1CCCNC1. The van der Waals surface area contributed by atoms with Crippen molar-refractivity contribution in [2.45, 2.75) is 19.0 Å². The number of carbonyl (C=O) groups excluding carboxylic acids is 1. The lowest BCUT2D eigenvalue weighted by Gasteiger charge is -2.21. The Balaban J connectivity index is 1.96. The summed E-state index contributed by atoms with van der Waals surface area (Å²) in [5, 5.41) is 10.6. The van der Waals surface area contributed by atoms with Crippen LogP contribution in [-0.2, 0) is 11.0 Å². The van der Waals surface area contributed by atoms with Gasteiger partial charge in [0.05, 0.1) is 5.92 Å². The first-order valence-electron chi connectivity index (χ1n) is 5.39. The zero-order chi connectivity index (χ0) is 13.2. The molecule has 1 aromatic heterocycles. The monoisotopic (exact) mass is 280 g/mol. The maximum absolute atomic E-state index is 12.3. The number of hydrogen-bond acceptors (Lipinski definition) is 5. The van der Waals surface area contributed by atoms with Crippen molar-refractivity contribution in [2.24, 2.45) is 5.92 Å². The van der Waals surface area contributed by atoms with Gasteiger partial charge in [0.15, 0.2) is 0 Å². The van der Waals surface area contributed by atoms with Crippen LogP contribution in [0.15, 0.2) is 0 Å². The normalized spacial score (nSPS) is 20.7. The van der Waals surface area contributed by atoms with Gasteiger partial charge in [-0.1, -0.05) is 11.3 Å². The molecule has 18 heavy (non-hydrogen) atoms. The van der Waals surface area contributed by atoms with Crippen LogP contribution in [0.4, 0.5) is 18.3 Å². The Labute approximate surface area is 105 Å². The van der Waals surface area contributed by atoms with Gasteiger partial charge in [0.25, 0.3) is 0 Å². The summed E-state index contributed by atoms with van der Waals surface area (Å²) in [5.74, 6) is -0.538. The zero-order valence-electron chi connectivity index (χ0n) is 9.25. The molecule has 2 heterocycles. The van der Waals surface area contributed by atoms with Crippen molar-refractivity contribution in [1.29, 1.82) is 0 Å². The highest BCUT2D eigenvalue weighted by Gasteiger charge is 2.36. The van der Waals surface area contributed by atoms with Crippen molar-refractivity contribution >= 4 is 22.4 Å². The average Bonchev–Trinajstić information content (AvgIpc) is 2.78. The van der Waals surface area contributed by atoms with E-state index in [1.165, 1.54) is 0 Å². The first-order valence-corrected chi connectivity index (χ1v) is 6.21. The molecule has 1 unspecified atom stereocenters. The van der Waals surface area contributed by atoms with E-state index in [9.17, 15) is 18.0 Å². The van der Waals surface area contributed by atoms with Crippen LogP contribution in [-0.4, -0.2) is 29.2 Å². The van der Waals surface area contributed by atoms with E-state index in [-0.39, 0.29) is 17.0 Å². The van der Waals surface area contributed by atoms with E-state index in [2.05, 4.69) is 20.8 Å². The summed E-state index contributed by atoms with van der Waals surface area (Å²) < 4.78 is 36.8. The summed E-state index contributed by atoms with van der Waals surface area (Å²) in [6, 6.07) is 0. The molecule has 1 atom stereocenters. The van der Waals surface area contributed by atoms with Crippen LogP contribution in [0.5, 0.6) is 0 Å². The van der Waals surface area contributed by atoms with Crippen LogP contribution < -0.4 is 10.6 Å². The summed E-state index contributed by atoms with van der Waals surface area (Å²) in [4.78, 5) is 11.7. The fraction of sp³-hybridized carbons (Fsp3) is 0.667. The molecule has 5 nitrogen and oxygen atoms in total. The molecule has 1 aliphatic rings. The molecule has 0 bridgehead atoms. The molecule has 0 aliphatic carbocycles. The predicted octanol–water partition coefficient (Wildman–Crippen LogP) is 1.50. The molecular formula is C9H11F3N4OS. The van der Waals surface area contributed by atoms with E-state index in [1.54, 1.807) is 0 Å². The van der Waals surface area contributed by atoms with Gasteiger partial charge in [-0.15, -0.1) is 10.2 Å². The maximum atomic E-state index is 12.3. The quantitative estimate of drug-likeness (QED) is 0.861. The second-order valence-electron chi connectivity index (χ2n) is 3.94. The van der Waals surface area contributed by atoms with Crippen LogP contribution in [0.3, 0.4) is 0 Å². The number of nitrogens with zero attached hydrogens (tertiary/aromatic N) is 2. The Morgan fingerprint density at radius 3 is 2.78 bits per heavy atom. The van der Waals surface area contributed by atoms with Crippen LogP contribution in [0, 0.1) is 5.92 Å². The van der Waals surface area contributed by atoms with Gasteiger partial charge in [-0.25, -0.2) is 0 Å². The molecule has 9 heteroatoms. The molecule has 1 aliphatic heterocycles. The Morgan fingerprint density at radius 1 is 1.44 bits per heavy atom. The van der Waals surface area contributed by atoms with Crippen molar-refractivity contribution in [3.63, 3.8) is 0 Å². The highest BCUT2D eigenvalue weighted by atomic mass is 32.1. The minimum Gasteiger partial charge on any atom is -0.316 e. The van der Waals surface area contributed by atoms with Gasteiger partial charge in [-0.3, -0.25) is 4.79 Å². The summed E-state index contributed by atoms with van der Waals surface area (Å²) >= 11 is 0.333. The molecule has 2 N–H and O–H groups in total. The van der Waals surface area contributed by atoms with Gasteiger partial charge in [-0.2, -0.15) is 13.2 Å². The minimum absolute atomic E-state index is 0.113. The van der Waals surface area contributed by atoms with E-state index < -0.39 is 11.2 Å². The molecular weight excluding hydrogens is 269 g/mol. The molecule has 0 spiro atoms. The van der Waals surface area contributed by atoms with Gasteiger partial charge >= 0.3 is 6.18 Å². The van der Waals surface area contributed by atoms with E-state index in [4.69, 9.17) is 0 Å².